The third-order valence-electron chi connectivity index (χ3n) is 5.29. The Hall–Kier alpha value is -0.820. The molecule has 2 aliphatic carbocycles. The minimum absolute atomic E-state index is 0.796. The predicted molar refractivity (Wildman–Crippen MR) is 76.7 cm³/mol. The van der Waals surface area contributed by atoms with Crippen LogP contribution in [0.1, 0.15) is 44.6 Å². The van der Waals surface area contributed by atoms with Gasteiger partial charge in [-0.05, 0) is 49.8 Å². The molecule has 1 aromatic carbocycles. The number of fused-ring (bicyclic) bond motifs is 2. The molecule has 2 aliphatic rings. The van der Waals surface area contributed by atoms with Gasteiger partial charge in [-0.2, -0.15) is 0 Å². The van der Waals surface area contributed by atoms with Crippen molar-refractivity contribution in [3.8, 4) is 0 Å². The fourth-order valence-electron chi connectivity index (χ4n) is 4.58. The fourth-order valence-corrected chi connectivity index (χ4v) is 4.58. The number of nitrogens with zero attached hydrogens (tertiary/aromatic N) is 1. The highest BCUT2D eigenvalue weighted by molar-refractivity contribution is 5.26. The Labute approximate surface area is 111 Å². The number of hydrogen-bond acceptors (Lipinski definition) is 1. The summed E-state index contributed by atoms with van der Waals surface area (Å²) in [6, 6.07) is 12.1. The van der Waals surface area contributed by atoms with E-state index in [0.717, 1.165) is 23.8 Å². The minimum Gasteiger partial charge on any atom is -0.300 e. The lowest BCUT2D eigenvalue weighted by atomic mass is 9.79. The molecule has 0 amide bonds. The zero-order chi connectivity index (χ0) is 12.5. The van der Waals surface area contributed by atoms with Crippen molar-refractivity contribution in [1.29, 1.82) is 0 Å². The summed E-state index contributed by atoms with van der Waals surface area (Å²) in [5.41, 5.74) is 1.58. The van der Waals surface area contributed by atoms with Gasteiger partial charge in [0.25, 0.3) is 0 Å². The average molecular weight is 243 g/mol. The molecule has 3 rings (SSSR count). The molecule has 1 aromatic rings. The van der Waals surface area contributed by atoms with Crippen LogP contribution in [0.15, 0.2) is 30.3 Å². The first-order valence-corrected chi connectivity index (χ1v) is 7.64. The Morgan fingerprint density at radius 2 is 1.67 bits per heavy atom. The van der Waals surface area contributed by atoms with Crippen molar-refractivity contribution >= 4 is 0 Å². The average Bonchev–Trinajstić information content (AvgIpc) is 3.02. The van der Waals surface area contributed by atoms with E-state index in [1.54, 1.807) is 5.56 Å². The molecule has 4 unspecified atom stereocenters. The summed E-state index contributed by atoms with van der Waals surface area (Å²) in [6.07, 6.45) is 4.40. The van der Waals surface area contributed by atoms with Crippen LogP contribution in [0.4, 0.5) is 0 Å². The van der Waals surface area contributed by atoms with Crippen molar-refractivity contribution in [1.82, 2.24) is 4.90 Å². The Bertz CT molecular complexity index is 382. The topological polar surface area (TPSA) is 3.24 Å². The van der Waals surface area contributed by atoms with E-state index in [-0.39, 0.29) is 0 Å². The van der Waals surface area contributed by atoms with Crippen molar-refractivity contribution in [3.05, 3.63) is 35.9 Å². The molecule has 18 heavy (non-hydrogen) atoms. The van der Waals surface area contributed by atoms with Crippen molar-refractivity contribution < 1.29 is 0 Å². The van der Waals surface area contributed by atoms with Crippen LogP contribution in [0.25, 0.3) is 0 Å². The summed E-state index contributed by atoms with van der Waals surface area (Å²) in [4.78, 5) is 2.71. The Morgan fingerprint density at radius 1 is 1.00 bits per heavy atom. The minimum atomic E-state index is 0.796. The van der Waals surface area contributed by atoms with E-state index in [9.17, 15) is 0 Å². The van der Waals surface area contributed by atoms with E-state index < -0.39 is 0 Å². The van der Waals surface area contributed by atoms with Crippen LogP contribution in [-0.4, -0.2) is 24.0 Å². The molecular weight excluding hydrogens is 218 g/mol. The van der Waals surface area contributed by atoms with Gasteiger partial charge in [0.15, 0.2) is 0 Å². The number of hydrogen-bond donors (Lipinski definition) is 0. The van der Waals surface area contributed by atoms with Gasteiger partial charge in [-0.3, -0.25) is 0 Å². The Kier molecular flexibility index (Phi) is 3.43. The molecule has 2 bridgehead atoms. The second-order valence-electron chi connectivity index (χ2n) is 5.98. The second kappa shape index (κ2) is 5.05. The quantitative estimate of drug-likeness (QED) is 0.775. The number of benzene rings is 1. The van der Waals surface area contributed by atoms with Crippen LogP contribution in [0, 0.1) is 11.8 Å². The molecule has 0 radical (unpaired) electrons. The van der Waals surface area contributed by atoms with Crippen molar-refractivity contribution in [3.63, 3.8) is 0 Å². The van der Waals surface area contributed by atoms with E-state index in [0.29, 0.717) is 0 Å². The third kappa shape index (κ3) is 1.89. The van der Waals surface area contributed by atoms with Crippen LogP contribution in [0.5, 0.6) is 0 Å². The SMILES string of the molecule is CCN(CC)C1C2CCC(C2)C1c1ccccc1. The van der Waals surface area contributed by atoms with E-state index >= 15 is 0 Å². The van der Waals surface area contributed by atoms with Crippen LogP contribution in [-0.2, 0) is 0 Å². The zero-order valence-corrected chi connectivity index (χ0v) is 11.7. The van der Waals surface area contributed by atoms with Gasteiger partial charge in [-0.1, -0.05) is 44.2 Å². The van der Waals surface area contributed by atoms with Gasteiger partial charge in [0.2, 0.25) is 0 Å². The summed E-state index contributed by atoms with van der Waals surface area (Å²) in [5.74, 6) is 2.70. The summed E-state index contributed by atoms with van der Waals surface area (Å²) in [5, 5.41) is 0. The first-order chi connectivity index (χ1) is 8.85. The molecule has 2 fully saturated rings. The van der Waals surface area contributed by atoms with Gasteiger partial charge in [-0.15, -0.1) is 0 Å². The van der Waals surface area contributed by atoms with Crippen molar-refractivity contribution in [2.75, 3.05) is 13.1 Å². The lowest BCUT2D eigenvalue weighted by Gasteiger charge is -2.39. The van der Waals surface area contributed by atoms with Gasteiger partial charge in [-0.25, -0.2) is 0 Å². The lowest BCUT2D eigenvalue weighted by molar-refractivity contribution is 0.137. The van der Waals surface area contributed by atoms with Gasteiger partial charge in [0, 0.05) is 12.0 Å². The molecule has 0 aliphatic heterocycles. The van der Waals surface area contributed by atoms with Crippen molar-refractivity contribution in [2.24, 2.45) is 11.8 Å². The summed E-state index contributed by atoms with van der Waals surface area (Å²) >= 11 is 0. The third-order valence-corrected chi connectivity index (χ3v) is 5.29. The van der Waals surface area contributed by atoms with Crippen LogP contribution < -0.4 is 0 Å². The van der Waals surface area contributed by atoms with Gasteiger partial charge >= 0.3 is 0 Å². The van der Waals surface area contributed by atoms with Crippen LogP contribution in [0.3, 0.4) is 0 Å². The fraction of sp³-hybridized carbons (Fsp3) is 0.647. The monoisotopic (exact) mass is 243 g/mol. The van der Waals surface area contributed by atoms with Crippen LogP contribution >= 0.6 is 0 Å². The summed E-state index contributed by atoms with van der Waals surface area (Å²) in [6.45, 7) is 7.04. The van der Waals surface area contributed by atoms with Crippen LogP contribution in [0.2, 0.25) is 0 Å². The molecule has 0 aromatic heterocycles. The summed E-state index contributed by atoms with van der Waals surface area (Å²) in [7, 11) is 0. The van der Waals surface area contributed by atoms with E-state index in [4.69, 9.17) is 0 Å². The molecule has 1 heteroatoms. The zero-order valence-electron chi connectivity index (χ0n) is 11.7. The predicted octanol–water partition coefficient (Wildman–Crippen LogP) is 3.91. The van der Waals surface area contributed by atoms with E-state index in [1.807, 2.05) is 0 Å². The van der Waals surface area contributed by atoms with Gasteiger partial charge in [0.05, 0.1) is 0 Å². The molecular formula is C17H25N. The molecule has 1 nitrogen and oxygen atoms in total. The van der Waals surface area contributed by atoms with Crippen molar-refractivity contribution in [2.45, 2.75) is 45.1 Å². The maximum Gasteiger partial charge on any atom is 0.0195 e. The van der Waals surface area contributed by atoms with E-state index in [2.05, 4.69) is 49.1 Å². The molecule has 0 N–H and O–H groups in total. The first kappa shape index (κ1) is 12.2. The maximum atomic E-state index is 2.71. The Morgan fingerprint density at radius 3 is 2.33 bits per heavy atom. The maximum absolute atomic E-state index is 2.71. The van der Waals surface area contributed by atoms with Gasteiger partial charge < -0.3 is 4.90 Å². The Balaban J connectivity index is 1.91. The molecule has 0 saturated heterocycles. The smallest absolute Gasteiger partial charge is 0.0195 e. The highest BCUT2D eigenvalue weighted by Gasteiger charge is 2.49. The summed E-state index contributed by atoms with van der Waals surface area (Å²) < 4.78 is 0. The second-order valence-corrected chi connectivity index (χ2v) is 5.98. The molecule has 0 heterocycles. The molecule has 98 valence electrons. The van der Waals surface area contributed by atoms with Gasteiger partial charge in [0.1, 0.15) is 0 Å². The normalized spacial score (nSPS) is 34.4. The first-order valence-electron chi connectivity index (χ1n) is 7.64. The highest BCUT2D eigenvalue weighted by atomic mass is 15.2. The molecule has 2 saturated carbocycles. The number of likely N-dealkylation sites (N-methyl/N-ethyl adjacent to an activating group) is 1. The largest absolute Gasteiger partial charge is 0.300 e. The van der Waals surface area contributed by atoms with E-state index in [1.165, 1.54) is 32.4 Å². The highest BCUT2D eigenvalue weighted by Crippen LogP contribution is 2.54. The standard InChI is InChI=1S/C17H25N/c1-3-18(4-2)17-15-11-10-14(12-15)16(17)13-8-6-5-7-9-13/h5-9,14-17H,3-4,10-12H2,1-2H3. The molecule has 4 atom stereocenters. The number of rotatable bonds is 4. The molecule has 0 spiro atoms. The lowest BCUT2D eigenvalue weighted by Crippen LogP contribution is -2.43.